The van der Waals surface area contributed by atoms with E-state index in [0.29, 0.717) is 52.4 Å². The second kappa shape index (κ2) is 10.1. The summed E-state index contributed by atoms with van der Waals surface area (Å²) in [4.78, 5) is 18.3. The molecule has 0 aliphatic carbocycles. The first-order valence-corrected chi connectivity index (χ1v) is 11.9. The Morgan fingerprint density at radius 2 is 1.84 bits per heavy atom. The SMILES string of the molecule is CCOc1ccc(C2C(C(=O)Nc3ccccc3)=C(C)Nc3nc(-c4ccc(F)cc4)nn32)cc1OC. The first-order chi connectivity index (χ1) is 18.0. The number of nitrogens with zero attached hydrogens (tertiary/aromatic N) is 3. The van der Waals surface area contributed by atoms with Crippen LogP contribution >= 0.6 is 0 Å². The van der Waals surface area contributed by atoms with E-state index < -0.39 is 6.04 Å². The van der Waals surface area contributed by atoms with Crippen molar-refractivity contribution in [3.05, 3.63) is 95.4 Å². The predicted octanol–water partition coefficient (Wildman–Crippen LogP) is 5.42. The van der Waals surface area contributed by atoms with Gasteiger partial charge in [-0.05, 0) is 67.9 Å². The van der Waals surface area contributed by atoms with Gasteiger partial charge in [-0.25, -0.2) is 9.07 Å². The maximum absolute atomic E-state index is 13.6. The first kappa shape index (κ1) is 24.1. The van der Waals surface area contributed by atoms with Gasteiger partial charge in [-0.1, -0.05) is 24.3 Å². The lowest BCUT2D eigenvalue weighted by atomic mass is 9.94. The summed E-state index contributed by atoms with van der Waals surface area (Å²) in [5, 5.41) is 10.9. The standard InChI is InChI=1S/C28H26FN5O3/c1-4-37-22-15-12-19(16-23(22)36-3)25-24(27(35)31-21-8-6-5-7-9-21)17(2)30-28-32-26(33-34(25)28)18-10-13-20(29)14-11-18/h5-16,25H,4H2,1-3H3,(H,31,35)(H,30,32,33). The number of fused-ring (bicyclic) bond motifs is 1. The van der Waals surface area contributed by atoms with Crippen molar-refractivity contribution < 1.29 is 18.7 Å². The summed E-state index contributed by atoms with van der Waals surface area (Å²) < 4.78 is 26.5. The molecule has 1 unspecified atom stereocenters. The van der Waals surface area contributed by atoms with E-state index in [-0.39, 0.29) is 11.7 Å². The quantitative estimate of drug-likeness (QED) is 0.353. The lowest BCUT2D eigenvalue weighted by Gasteiger charge is -2.29. The molecule has 4 aromatic rings. The summed E-state index contributed by atoms with van der Waals surface area (Å²) in [6.45, 7) is 4.21. The van der Waals surface area contributed by atoms with Crippen LogP contribution in [-0.2, 0) is 4.79 Å². The number of carbonyl (C=O) groups is 1. The highest BCUT2D eigenvalue weighted by Gasteiger charge is 2.35. The number of benzene rings is 3. The minimum atomic E-state index is -0.619. The molecule has 2 heterocycles. The van der Waals surface area contributed by atoms with Crippen molar-refractivity contribution in [2.24, 2.45) is 0 Å². The summed E-state index contributed by atoms with van der Waals surface area (Å²) in [6.07, 6.45) is 0. The summed E-state index contributed by atoms with van der Waals surface area (Å²) in [5.41, 5.74) is 3.19. The Morgan fingerprint density at radius 1 is 1.08 bits per heavy atom. The molecule has 2 N–H and O–H groups in total. The first-order valence-electron chi connectivity index (χ1n) is 11.9. The van der Waals surface area contributed by atoms with Crippen LogP contribution in [-0.4, -0.2) is 34.4 Å². The minimum absolute atomic E-state index is 0.279. The van der Waals surface area contributed by atoms with Crippen LogP contribution < -0.4 is 20.1 Å². The van der Waals surface area contributed by atoms with Crippen LogP contribution in [0.2, 0.25) is 0 Å². The number of amides is 1. The summed E-state index contributed by atoms with van der Waals surface area (Å²) in [5.74, 6) is 1.39. The number of para-hydroxylation sites is 1. The fourth-order valence-electron chi connectivity index (χ4n) is 4.32. The average molecular weight is 500 g/mol. The van der Waals surface area contributed by atoms with E-state index in [4.69, 9.17) is 14.6 Å². The molecule has 0 bridgehead atoms. The molecule has 1 aliphatic heterocycles. The molecule has 3 aromatic carbocycles. The van der Waals surface area contributed by atoms with Gasteiger partial charge < -0.3 is 20.1 Å². The number of rotatable bonds is 7. The zero-order valence-corrected chi connectivity index (χ0v) is 20.7. The van der Waals surface area contributed by atoms with Crippen LogP contribution in [0.5, 0.6) is 11.5 Å². The Balaban J connectivity index is 1.62. The number of aromatic nitrogens is 3. The number of allylic oxidation sites excluding steroid dienone is 1. The third kappa shape index (κ3) is 4.75. The van der Waals surface area contributed by atoms with Crippen molar-refractivity contribution in [2.45, 2.75) is 19.9 Å². The van der Waals surface area contributed by atoms with Gasteiger partial charge in [0.1, 0.15) is 11.9 Å². The molecule has 1 aromatic heterocycles. The van der Waals surface area contributed by atoms with Crippen molar-refractivity contribution in [3.63, 3.8) is 0 Å². The highest BCUT2D eigenvalue weighted by molar-refractivity contribution is 6.06. The molecule has 0 saturated heterocycles. The molecule has 188 valence electrons. The molecule has 9 heteroatoms. The van der Waals surface area contributed by atoms with E-state index in [1.807, 2.05) is 62.4 Å². The van der Waals surface area contributed by atoms with Gasteiger partial charge >= 0.3 is 0 Å². The Hall–Kier alpha value is -4.66. The van der Waals surface area contributed by atoms with Crippen molar-refractivity contribution in [1.29, 1.82) is 0 Å². The molecule has 5 rings (SSSR count). The van der Waals surface area contributed by atoms with Gasteiger partial charge in [0.05, 0.1) is 19.3 Å². The molecule has 0 fully saturated rings. The van der Waals surface area contributed by atoms with Gasteiger partial charge in [0.25, 0.3) is 5.91 Å². The van der Waals surface area contributed by atoms with Gasteiger partial charge in [-0.2, -0.15) is 4.98 Å². The number of hydrogen-bond donors (Lipinski definition) is 2. The lowest BCUT2D eigenvalue weighted by Crippen LogP contribution is -2.31. The van der Waals surface area contributed by atoms with E-state index in [2.05, 4.69) is 15.6 Å². The highest BCUT2D eigenvalue weighted by Crippen LogP contribution is 2.40. The topological polar surface area (TPSA) is 90.3 Å². The molecule has 0 spiro atoms. The van der Waals surface area contributed by atoms with Crippen LogP contribution in [0.15, 0.2) is 84.1 Å². The van der Waals surface area contributed by atoms with Gasteiger partial charge in [-0.3, -0.25) is 4.79 Å². The van der Waals surface area contributed by atoms with Crippen LogP contribution in [0.1, 0.15) is 25.5 Å². The Kier molecular flexibility index (Phi) is 6.59. The molecule has 1 aliphatic rings. The van der Waals surface area contributed by atoms with Crippen LogP contribution in [0, 0.1) is 5.82 Å². The van der Waals surface area contributed by atoms with Crippen molar-refractivity contribution >= 4 is 17.5 Å². The largest absolute Gasteiger partial charge is 0.493 e. The monoisotopic (exact) mass is 499 g/mol. The minimum Gasteiger partial charge on any atom is -0.493 e. The molecular weight excluding hydrogens is 473 g/mol. The van der Waals surface area contributed by atoms with Gasteiger partial charge in [0.2, 0.25) is 5.95 Å². The maximum atomic E-state index is 13.6. The van der Waals surface area contributed by atoms with Crippen LogP contribution in [0.25, 0.3) is 11.4 Å². The number of carbonyl (C=O) groups excluding carboxylic acids is 1. The summed E-state index contributed by atoms with van der Waals surface area (Å²) in [7, 11) is 1.57. The van der Waals surface area contributed by atoms with Crippen molar-refractivity contribution in [2.75, 3.05) is 24.4 Å². The fraction of sp³-hybridized carbons (Fsp3) is 0.179. The molecule has 8 nitrogen and oxygen atoms in total. The summed E-state index contributed by atoms with van der Waals surface area (Å²) in [6, 6.07) is 20.1. The molecular formula is C28H26FN5O3. The normalized spacial score (nSPS) is 14.5. The Labute approximate surface area is 213 Å². The number of halogens is 1. The zero-order valence-electron chi connectivity index (χ0n) is 20.7. The molecule has 1 amide bonds. The van der Waals surface area contributed by atoms with Crippen molar-refractivity contribution in [1.82, 2.24) is 14.8 Å². The smallest absolute Gasteiger partial charge is 0.255 e. The number of ether oxygens (including phenoxy) is 2. The predicted molar refractivity (Wildman–Crippen MR) is 139 cm³/mol. The van der Waals surface area contributed by atoms with E-state index >= 15 is 0 Å². The molecule has 1 atom stereocenters. The summed E-state index contributed by atoms with van der Waals surface area (Å²) >= 11 is 0. The third-order valence-corrected chi connectivity index (χ3v) is 6.03. The third-order valence-electron chi connectivity index (χ3n) is 6.03. The Bertz CT molecular complexity index is 1470. The fourth-order valence-corrected chi connectivity index (χ4v) is 4.32. The van der Waals surface area contributed by atoms with Gasteiger partial charge in [0.15, 0.2) is 17.3 Å². The highest BCUT2D eigenvalue weighted by atomic mass is 19.1. The lowest BCUT2D eigenvalue weighted by molar-refractivity contribution is -0.113. The second-order valence-electron chi connectivity index (χ2n) is 8.44. The van der Waals surface area contributed by atoms with E-state index in [1.165, 1.54) is 12.1 Å². The number of hydrogen-bond acceptors (Lipinski definition) is 6. The second-order valence-corrected chi connectivity index (χ2v) is 8.44. The van der Waals surface area contributed by atoms with Crippen LogP contribution in [0.4, 0.5) is 16.0 Å². The maximum Gasteiger partial charge on any atom is 0.255 e. The van der Waals surface area contributed by atoms with Gasteiger partial charge in [0, 0.05) is 16.9 Å². The zero-order chi connectivity index (χ0) is 25.9. The molecule has 0 radical (unpaired) electrons. The Morgan fingerprint density at radius 3 is 2.54 bits per heavy atom. The van der Waals surface area contributed by atoms with Crippen molar-refractivity contribution in [3.8, 4) is 22.9 Å². The van der Waals surface area contributed by atoms with Gasteiger partial charge in [-0.15, -0.1) is 5.10 Å². The average Bonchev–Trinajstić information content (AvgIpc) is 3.32. The number of anilines is 2. The molecule has 37 heavy (non-hydrogen) atoms. The van der Waals surface area contributed by atoms with Crippen LogP contribution in [0.3, 0.4) is 0 Å². The van der Waals surface area contributed by atoms with E-state index in [0.717, 1.165) is 5.56 Å². The van der Waals surface area contributed by atoms with E-state index in [9.17, 15) is 9.18 Å². The molecule has 0 saturated carbocycles. The van der Waals surface area contributed by atoms with E-state index in [1.54, 1.807) is 23.9 Å². The number of nitrogens with one attached hydrogen (secondary N) is 2. The number of methoxy groups -OCH3 is 1.